The highest BCUT2D eigenvalue weighted by Gasteiger charge is 2.35. The maximum atomic E-state index is 4.61. The van der Waals surface area contributed by atoms with Gasteiger partial charge in [0.05, 0.1) is 6.54 Å². The molecule has 2 atom stereocenters. The molecule has 0 spiro atoms. The minimum absolute atomic E-state index is 0.576. The van der Waals surface area contributed by atoms with Gasteiger partial charge in [-0.05, 0) is 44.4 Å². The molecule has 0 aromatic rings. The van der Waals surface area contributed by atoms with Gasteiger partial charge in [0.25, 0.3) is 0 Å². The zero-order valence-electron chi connectivity index (χ0n) is 10.7. The molecule has 0 aromatic heterocycles. The highest BCUT2D eigenvalue weighted by molar-refractivity contribution is 8.14. The first-order chi connectivity index (χ1) is 7.65. The summed E-state index contributed by atoms with van der Waals surface area (Å²) in [5, 5.41) is 5.55. The zero-order valence-corrected chi connectivity index (χ0v) is 11.5. The molecule has 1 aliphatic heterocycles. The fourth-order valence-corrected chi connectivity index (χ4v) is 3.37. The largest absolute Gasteiger partial charge is 0.362 e. The zero-order chi connectivity index (χ0) is 11.5. The van der Waals surface area contributed by atoms with Crippen molar-refractivity contribution in [2.75, 3.05) is 6.54 Å². The lowest BCUT2D eigenvalue weighted by Crippen LogP contribution is -2.30. The second kappa shape index (κ2) is 5.44. The third-order valence-electron chi connectivity index (χ3n) is 3.37. The summed E-state index contributed by atoms with van der Waals surface area (Å²) in [4.78, 5) is 4.61. The first kappa shape index (κ1) is 12.3. The molecule has 3 heteroatoms. The molecule has 0 amide bonds. The van der Waals surface area contributed by atoms with Gasteiger partial charge in [0.2, 0.25) is 0 Å². The van der Waals surface area contributed by atoms with Crippen LogP contribution in [-0.2, 0) is 0 Å². The van der Waals surface area contributed by atoms with E-state index in [0.717, 1.165) is 23.6 Å². The minimum atomic E-state index is 0.576. The third-order valence-corrected chi connectivity index (χ3v) is 4.68. The molecular formula is C13H24N2S. The second-order valence-corrected chi connectivity index (χ2v) is 6.88. The quantitative estimate of drug-likeness (QED) is 0.797. The first-order valence-electron chi connectivity index (χ1n) is 6.62. The molecule has 0 radical (unpaired) electrons. The van der Waals surface area contributed by atoms with Crippen LogP contribution in [0.15, 0.2) is 4.99 Å². The summed E-state index contributed by atoms with van der Waals surface area (Å²) in [6.07, 6.45) is 5.43. The SMILES string of the molecule is CC(C)CCC(C)NC1=NCC(C2CC2)S1. The number of aliphatic imine (C=N–C) groups is 1. The molecule has 2 aliphatic rings. The first-order valence-corrected chi connectivity index (χ1v) is 7.50. The van der Waals surface area contributed by atoms with Gasteiger partial charge < -0.3 is 5.32 Å². The Morgan fingerprint density at radius 2 is 2.06 bits per heavy atom. The molecule has 0 aromatic carbocycles. The highest BCUT2D eigenvalue weighted by Crippen LogP contribution is 2.41. The maximum absolute atomic E-state index is 4.61. The molecule has 2 nitrogen and oxygen atoms in total. The number of hydrogen-bond acceptors (Lipinski definition) is 3. The van der Waals surface area contributed by atoms with E-state index in [1.807, 2.05) is 11.8 Å². The van der Waals surface area contributed by atoms with Crippen LogP contribution in [0.5, 0.6) is 0 Å². The second-order valence-electron chi connectivity index (χ2n) is 5.66. The summed E-state index contributed by atoms with van der Waals surface area (Å²) >= 11 is 1.98. The predicted molar refractivity (Wildman–Crippen MR) is 73.1 cm³/mol. The smallest absolute Gasteiger partial charge is 0.157 e. The normalized spacial score (nSPS) is 27.0. The molecule has 1 aliphatic carbocycles. The molecular weight excluding hydrogens is 216 g/mol. The van der Waals surface area contributed by atoms with Crippen LogP contribution >= 0.6 is 11.8 Å². The van der Waals surface area contributed by atoms with Crippen LogP contribution in [0.3, 0.4) is 0 Å². The van der Waals surface area contributed by atoms with Gasteiger partial charge in [0.1, 0.15) is 0 Å². The lowest BCUT2D eigenvalue weighted by atomic mass is 10.0. The number of hydrogen-bond donors (Lipinski definition) is 1. The van der Waals surface area contributed by atoms with Crippen molar-refractivity contribution < 1.29 is 0 Å². The van der Waals surface area contributed by atoms with Crippen molar-refractivity contribution in [3.05, 3.63) is 0 Å². The Hall–Kier alpha value is -0.180. The van der Waals surface area contributed by atoms with E-state index >= 15 is 0 Å². The van der Waals surface area contributed by atoms with E-state index in [0.29, 0.717) is 6.04 Å². The van der Waals surface area contributed by atoms with Crippen molar-refractivity contribution in [1.29, 1.82) is 0 Å². The van der Waals surface area contributed by atoms with Gasteiger partial charge in [-0.25, -0.2) is 0 Å². The molecule has 1 fully saturated rings. The Morgan fingerprint density at radius 3 is 2.69 bits per heavy atom. The van der Waals surface area contributed by atoms with E-state index in [2.05, 4.69) is 31.1 Å². The molecule has 16 heavy (non-hydrogen) atoms. The standard InChI is InChI=1S/C13H24N2S/c1-9(2)4-5-10(3)15-13-14-8-12(16-13)11-6-7-11/h9-12H,4-8H2,1-3H3,(H,14,15). The summed E-state index contributed by atoms with van der Waals surface area (Å²) in [5.74, 6) is 1.78. The van der Waals surface area contributed by atoms with Crippen molar-refractivity contribution in [1.82, 2.24) is 5.32 Å². The Bertz CT molecular complexity index is 259. The van der Waals surface area contributed by atoms with E-state index in [1.54, 1.807) is 0 Å². The number of nitrogens with one attached hydrogen (secondary N) is 1. The van der Waals surface area contributed by atoms with Gasteiger partial charge in [-0.3, -0.25) is 4.99 Å². The average Bonchev–Trinajstić information content (AvgIpc) is 2.98. The average molecular weight is 240 g/mol. The van der Waals surface area contributed by atoms with Crippen LogP contribution in [0.1, 0.15) is 46.5 Å². The summed E-state index contributed by atoms with van der Waals surface area (Å²) in [5.41, 5.74) is 0. The fourth-order valence-electron chi connectivity index (χ4n) is 2.05. The third kappa shape index (κ3) is 3.69. The van der Waals surface area contributed by atoms with Crippen LogP contribution < -0.4 is 5.32 Å². The van der Waals surface area contributed by atoms with Gasteiger partial charge in [-0.2, -0.15) is 0 Å². The molecule has 0 bridgehead atoms. The van der Waals surface area contributed by atoms with Crippen molar-refractivity contribution in [3.63, 3.8) is 0 Å². The van der Waals surface area contributed by atoms with E-state index in [-0.39, 0.29) is 0 Å². The number of amidine groups is 1. The molecule has 2 rings (SSSR count). The Balaban J connectivity index is 1.65. The summed E-state index contributed by atoms with van der Waals surface area (Å²) in [6, 6.07) is 0.576. The van der Waals surface area contributed by atoms with Crippen LogP contribution in [-0.4, -0.2) is 23.0 Å². The van der Waals surface area contributed by atoms with Crippen molar-refractivity contribution in [2.24, 2.45) is 16.8 Å². The van der Waals surface area contributed by atoms with Gasteiger partial charge in [0.15, 0.2) is 5.17 Å². The summed E-state index contributed by atoms with van der Waals surface area (Å²) in [7, 11) is 0. The van der Waals surface area contributed by atoms with Crippen LogP contribution in [0, 0.1) is 11.8 Å². The maximum Gasteiger partial charge on any atom is 0.157 e. The van der Waals surface area contributed by atoms with E-state index < -0.39 is 0 Å². The van der Waals surface area contributed by atoms with Crippen molar-refractivity contribution in [2.45, 2.75) is 57.7 Å². The van der Waals surface area contributed by atoms with Crippen molar-refractivity contribution in [3.8, 4) is 0 Å². The number of rotatable bonds is 5. The van der Waals surface area contributed by atoms with Crippen LogP contribution in [0.4, 0.5) is 0 Å². The van der Waals surface area contributed by atoms with Gasteiger partial charge in [-0.1, -0.05) is 25.6 Å². The van der Waals surface area contributed by atoms with E-state index in [1.165, 1.54) is 30.9 Å². The molecule has 92 valence electrons. The van der Waals surface area contributed by atoms with Crippen molar-refractivity contribution >= 4 is 16.9 Å². The van der Waals surface area contributed by atoms with Crippen LogP contribution in [0.25, 0.3) is 0 Å². The molecule has 1 N–H and O–H groups in total. The predicted octanol–water partition coefficient (Wildman–Crippen LogP) is 3.28. The molecule has 1 heterocycles. The Labute approximate surface area is 104 Å². The lowest BCUT2D eigenvalue weighted by Gasteiger charge is -2.16. The summed E-state index contributed by atoms with van der Waals surface area (Å²) < 4.78 is 0. The van der Waals surface area contributed by atoms with Gasteiger partial charge in [-0.15, -0.1) is 0 Å². The Morgan fingerprint density at radius 1 is 1.31 bits per heavy atom. The van der Waals surface area contributed by atoms with Crippen LogP contribution in [0.2, 0.25) is 0 Å². The van der Waals surface area contributed by atoms with E-state index in [9.17, 15) is 0 Å². The number of nitrogens with zero attached hydrogens (tertiary/aromatic N) is 1. The molecule has 0 saturated heterocycles. The van der Waals surface area contributed by atoms with Gasteiger partial charge in [0, 0.05) is 11.3 Å². The minimum Gasteiger partial charge on any atom is -0.362 e. The molecule has 2 unspecified atom stereocenters. The molecule has 1 saturated carbocycles. The van der Waals surface area contributed by atoms with Gasteiger partial charge >= 0.3 is 0 Å². The monoisotopic (exact) mass is 240 g/mol. The lowest BCUT2D eigenvalue weighted by molar-refractivity contribution is 0.494. The number of thioether (sulfide) groups is 1. The highest BCUT2D eigenvalue weighted by atomic mass is 32.2. The summed E-state index contributed by atoms with van der Waals surface area (Å²) in [6.45, 7) is 7.90. The topological polar surface area (TPSA) is 24.4 Å². The fraction of sp³-hybridized carbons (Fsp3) is 0.923. The Kier molecular flexibility index (Phi) is 4.17. The van der Waals surface area contributed by atoms with E-state index in [4.69, 9.17) is 0 Å².